The first-order chi connectivity index (χ1) is 7.75. The molecule has 0 aromatic heterocycles. The Morgan fingerprint density at radius 3 is 2.25 bits per heavy atom. The quantitative estimate of drug-likeness (QED) is 0.655. The zero-order valence-corrected chi connectivity index (χ0v) is 10.4. The molecule has 0 N–H and O–H groups in total. The lowest BCUT2D eigenvalue weighted by molar-refractivity contribution is 0.312. The molecule has 1 aliphatic rings. The van der Waals surface area contributed by atoms with E-state index >= 15 is 0 Å². The first-order valence-corrected chi connectivity index (χ1v) is 6.50. The summed E-state index contributed by atoms with van der Waals surface area (Å²) in [4.78, 5) is 0. The van der Waals surface area contributed by atoms with E-state index in [-0.39, 0.29) is 0 Å². The number of benzene rings is 1. The van der Waals surface area contributed by atoms with E-state index in [4.69, 9.17) is 0 Å². The second-order valence-electron chi connectivity index (χ2n) is 5.29. The van der Waals surface area contributed by atoms with Gasteiger partial charge in [-0.3, -0.25) is 0 Å². The molecule has 0 unspecified atom stereocenters. The normalized spacial score (nSPS) is 21.2. The Hall–Kier alpha value is -1.04. The summed E-state index contributed by atoms with van der Waals surface area (Å²) in [5.41, 5.74) is 3.00. The van der Waals surface area contributed by atoms with E-state index in [0.717, 1.165) is 11.8 Å². The minimum absolute atomic E-state index is 0.860. The molecule has 0 heteroatoms. The maximum absolute atomic E-state index is 2.39. The molecule has 1 saturated carbocycles. The average Bonchev–Trinajstić information content (AvgIpc) is 2.31. The topological polar surface area (TPSA) is 0 Å². The Balaban J connectivity index is 1.97. The SMILES string of the molecule is CC(C)C1CCC(=Cc2ccccc2)CC1. The van der Waals surface area contributed by atoms with Gasteiger partial charge in [0.25, 0.3) is 0 Å². The van der Waals surface area contributed by atoms with Crippen molar-refractivity contribution in [3.63, 3.8) is 0 Å². The first kappa shape index (κ1) is 11.4. The molecule has 0 radical (unpaired) electrons. The van der Waals surface area contributed by atoms with Gasteiger partial charge in [0.1, 0.15) is 0 Å². The predicted octanol–water partition coefficient (Wildman–Crippen LogP) is 4.92. The van der Waals surface area contributed by atoms with Crippen LogP contribution in [0.3, 0.4) is 0 Å². The highest BCUT2D eigenvalue weighted by molar-refractivity contribution is 5.52. The van der Waals surface area contributed by atoms with E-state index in [0.29, 0.717) is 0 Å². The Morgan fingerprint density at radius 1 is 1.06 bits per heavy atom. The van der Waals surface area contributed by atoms with Gasteiger partial charge in [-0.15, -0.1) is 0 Å². The molecular formula is C16H22. The summed E-state index contributed by atoms with van der Waals surface area (Å²) in [5, 5.41) is 0. The van der Waals surface area contributed by atoms with Gasteiger partial charge < -0.3 is 0 Å². The second kappa shape index (κ2) is 5.34. The van der Waals surface area contributed by atoms with Crippen molar-refractivity contribution < 1.29 is 0 Å². The van der Waals surface area contributed by atoms with Crippen LogP contribution in [0.15, 0.2) is 35.9 Å². The van der Waals surface area contributed by atoms with Gasteiger partial charge in [0.05, 0.1) is 0 Å². The van der Waals surface area contributed by atoms with E-state index in [1.165, 1.54) is 31.2 Å². The van der Waals surface area contributed by atoms with Gasteiger partial charge in [-0.2, -0.15) is 0 Å². The molecule has 0 aliphatic heterocycles. The van der Waals surface area contributed by atoms with Crippen molar-refractivity contribution >= 4 is 6.08 Å². The van der Waals surface area contributed by atoms with Crippen molar-refractivity contribution in [2.45, 2.75) is 39.5 Å². The zero-order chi connectivity index (χ0) is 11.4. The lowest BCUT2D eigenvalue weighted by atomic mass is 9.79. The van der Waals surface area contributed by atoms with E-state index in [2.05, 4.69) is 50.3 Å². The molecule has 0 amide bonds. The summed E-state index contributed by atoms with van der Waals surface area (Å²) >= 11 is 0. The fourth-order valence-corrected chi connectivity index (χ4v) is 2.61. The lowest BCUT2D eigenvalue weighted by Gasteiger charge is -2.27. The molecule has 1 fully saturated rings. The third kappa shape index (κ3) is 2.98. The summed E-state index contributed by atoms with van der Waals surface area (Å²) < 4.78 is 0. The summed E-state index contributed by atoms with van der Waals surface area (Å²) in [6, 6.07) is 10.7. The molecule has 1 aromatic rings. The first-order valence-electron chi connectivity index (χ1n) is 6.50. The smallest absolute Gasteiger partial charge is 0.0257 e. The molecule has 2 rings (SSSR count). The highest BCUT2D eigenvalue weighted by atomic mass is 14.2. The fourth-order valence-electron chi connectivity index (χ4n) is 2.61. The largest absolute Gasteiger partial charge is 0.0696 e. The van der Waals surface area contributed by atoms with E-state index in [1.807, 2.05) is 0 Å². The van der Waals surface area contributed by atoms with Crippen molar-refractivity contribution in [2.24, 2.45) is 11.8 Å². The van der Waals surface area contributed by atoms with Crippen molar-refractivity contribution in [3.05, 3.63) is 41.5 Å². The molecule has 16 heavy (non-hydrogen) atoms. The van der Waals surface area contributed by atoms with Crippen molar-refractivity contribution in [1.82, 2.24) is 0 Å². The van der Waals surface area contributed by atoms with Crippen LogP contribution in [0, 0.1) is 11.8 Å². The molecule has 0 nitrogen and oxygen atoms in total. The maximum Gasteiger partial charge on any atom is -0.0257 e. The van der Waals surface area contributed by atoms with E-state index in [1.54, 1.807) is 5.57 Å². The van der Waals surface area contributed by atoms with Crippen LogP contribution in [0.1, 0.15) is 45.1 Å². The molecule has 0 saturated heterocycles. The molecule has 1 aromatic carbocycles. The summed E-state index contributed by atoms with van der Waals surface area (Å²) in [5.74, 6) is 1.81. The zero-order valence-electron chi connectivity index (χ0n) is 10.4. The summed E-state index contributed by atoms with van der Waals surface area (Å²) in [6.07, 6.45) is 7.76. The van der Waals surface area contributed by atoms with Crippen LogP contribution in [-0.4, -0.2) is 0 Å². The second-order valence-corrected chi connectivity index (χ2v) is 5.29. The molecule has 86 valence electrons. The van der Waals surface area contributed by atoms with Crippen molar-refractivity contribution in [1.29, 1.82) is 0 Å². The number of hydrogen-bond donors (Lipinski definition) is 0. The summed E-state index contributed by atoms with van der Waals surface area (Å²) in [6.45, 7) is 4.72. The summed E-state index contributed by atoms with van der Waals surface area (Å²) in [7, 11) is 0. The van der Waals surface area contributed by atoms with Gasteiger partial charge in [-0.25, -0.2) is 0 Å². The van der Waals surface area contributed by atoms with Gasteiger partial charge in [0.2, 0.25) is 0 Å². The van der Waals surface area contributed by atoms with Crippen LogP contribution in [0.4, 0.5) is 0 Å². The number of rotatable bonds is 2. The van der Waals surface area contributed by atoms with Crippen molar-refractivity contribution in [3.8, 4) is 0 Å². The highest BCUT2D eigenvalue weighted by Gasteiger charge is 2.18. The van der Waals surface area contributed by atoms with Gasteiger partial charge in [0, 0.05) is 0 Å². The molecule has 1 aliphatic carbocycles. The minimum atomic E-state index is 0.860. The third-order valence-electron chi connectivity index (χ3n) is 3.79. The molecule has 0 bridgehead atoms. The Bertz CT molecular complexity index is 336. The van der Waals surface area contributed by atoms with Crippen molar-refractivity contribution in [2.75, 3.05) is 0 Å². The molecular weight excluding hydrogens is 192 g/mol. The van der Waals surface area contributed by atoms with Crippen LogP contribution < -0.4 is 0 Å². The lowest BCUT2D eigenvalue weighted by Crippen LogP contribution is -2.13. The Kier molecular flexibility index (Phi) is 3.82. The van der Waals surface area contributed by atoms with Crippen LogP contribution in [0.25, 0.3) is 6.08 Å². The highest BCUT2D eigenvalue weighted by Crippen LogP contribution is 2.33. The number of allylic oxidation sites excluding steroid dienone is 1. The molecule has 0 atom stereocenters. The Morgan fingerprint density at radius 2 is 1.69 bits per heavy atom. The number of hydrogen-bond acceptors (Lipinski definition) is 0. The predicted molar refractivity (Wildman–Crippen MR) is 71.2 cm³/mol. The van der Waals surface area contributed by atoms with Crippen LogP contribution in [0.5, 0.6) is 0 Å². The van der Waals surface area contributed by atoms with Gasteiger partial charge >= 0.3 is 0 Å². The van der Waals surface area contributed by atoms with E-state index < -0.39 is 0 Å². The standard InChI is InChI=1S/C16H22/c1-13(2)16-10-8-15(9-11-16)12-14-6-4-3-5-7-14/h3-7,12-13,16H,8-11H2,1-2H3. The van der Waals surface area contributed by atoms with Gasteiger partial charge in [0.15, 0.2) is 0 Å². The van der Waals surface area contributed by atoms with Crippen LogP contribution in [-0.2, 0) is 0 Å². The Labute approximate surface area is 99.4 Å². The van der Waals surface area contributed by atoms with Crippen LogP contribution >= 0.6 is 0 Å². The van der Waals surface area contributed by atoms with E-state index in [9.17, 15) is 0 Å². The maximum atomic E-state index is 2.39. The van der Waals surface area contributed by atoms with Gasteiger partial charge in [-0.05, 0) is 43.1 Å². The minimum Gasteiger partial charge on any atom is -0.0696 e. The fraction of sp³-hybridized carbons (Fsp3) is 0.500. The molecule has 0 heterocycles. The third-order valence-corrected chi connectivity index (χ3v) is 3.79. The molecule has 0 spiro atoms. The van der Waals surface area contributed by atoms with Crippen LogP contribution in [0.2, 0.25) is 0 Å². The van der Waals surface area contributed by atoms with Gasteiger partial charge in [-0.1, -0.05) is 55.8 Å². The monoisotopic (exact) mass is 214 g/mol. The average molecular weight is 214 g/mol.